The van der Waals surface area contributed by atoms with E-state index in [0.29, 0.717) is 27.9 Å². The normalized spacial score (nSPS) is 12.9. The van der Waals surface area contributed by atoms with Gasteiger partial charge >= 0.3 is 0 Å². The Labute approximate surface area is 222 Å². The standard InChI is InChI=1S/C26H27ClN4O4S2/c1-18(21-8-3-4-9-24(21)27)31-37(34,35)26-11-10-25(23-17-28-13-12-22(23)26)29-15-19-6-5-7-20(14-19)16-30-36(2,32)33/h3-14,17-18,29-31H,15-16H2,1-2H3/t18-/m0/s1. The van der Waals surface area contributed by atoms with Crippen LogP contribution in [-0.2, 0) is 33.1 Å². The second-order valence-electron chi connectivity index (χ2n) is 8.66. The van der Waals surface area contributed by atoms with Crippen molar-refractivity contribution in [1.29, 1.82) is 0 Å². The van der Waals surface area contributed by atoms with E-state index in [-0.39, 0.29) is 11.4 Å². The molecule has 1 aromatic heterocycles. The number of fused-ring (bicyclic) bond motifs is 1. The van der Waals surface area contributed by atoms with Crippen molar-refractivity contribution >= 4 is 48.1 Å². The molecule has 8 nitrogen and oxygen atoms in total. The molecule has 3 aromatic carbocycles. The molecule has 0 spiro atoms. The molecule has 0 fully saturated rings. The number of hydrogen-bond acceptors (Lipinski definition) is 6. The fraction of sp³-hybridized carbons (Fsp3) is 0.192. The van der Waals surface area contributed by atoms with E-state index in [4.69, 9.17) is 11.6 Å². The number of benzene rings is 3. The molecule has 0 saturated carbocycles. The number of rotatable bonds is 10. The van der Waals surface area contributed by atoms with E-state index in [2.05, 4.69) is 19.7 Å². The first-order valence-electron chi connectivity index (χ1n) is 11.4. The minimum Gasteiger partial charge on any atom is -0.380 e. The van der Waals surface area contributed by atoms with Crippen molar-refractivity contribution in [2.75, 3.05) is 11.6 Å². The zero-order valence-corrected chi connectivity index (χ0v) is 22.7. The van der Waals surface area contributed by atoms with Crippen LogP contribution in [0.3, 0.4) is 0 Å². The molecule has 0 aliphatic heterocycles. The van der Waals surface area contributed by atoms with Crippen LogP contribution in [0.25, 0.3) is 10.8 Å². The van der Waals surface area contributed by atoms with Gasteiger partial charge in [-0.1, -0.05) is 54.1 Å². The third kappa shape index (κ3) is 6.85. The molecule has 0 aliphatic carbocycles. The maximum absolute atomic E-state index is 13.4. The second-order valence-corrected chi connectivity index (χ2v) is 12.6. The second kappa shape index (κ2) is 11.2. The molecule has 0 bridgehead atoms. The van der Waals surface area contributed by atoms with E-state index in [0.717, 1.165) is 23.1 Å². The SMILES string of the molecule is C[C@H](NS(=O)(=O)c1ccc(NCc2cccc(CNS(C)(=O)=O)c2)c2cnccc12)c1ccccc1Cl. The summed E-state index contributed by atoms with van der Waals surface area (Å²) < 4.78 is 54.7. The maximum Gasteiger partial charge on any atom is 0.241 e. The molecular formula is C26H27ClN4O4S2. The summed E-state index contributed by atoms with van der Waals surface area (Å²) >= 11 is 6.26. The molecule has 1 atom stereocenters. The molecule has 3 N–H and O–H groups in total. The van der Waals surface area contributed by atoms with Gasteiger partial charge in [-0.25, -0.2) is 26.3 Å². The van der Waals surface area contributed by atoms with Gasteiger partial charge < -0.3 is 5.32 Å². The van der Waals surface area contributed by atoms with Gasteiger partial charge in [0.05, 0.1) is 11.2 Å². The molecule has 0 amide bonds. The van der Waals surface area contributed by atoms with Crippen LogP contribution in [-0.4, -0.2) is 28.1 Å². The predicted molar refractivity (Wildman–Crippen MR) is 147 cm³/mol. The van der Waals surface area contributed by atoms with E-state index in [1.54, 1.807) is 55.7 Å². The number of sulfonamides is 2. The van der Waals surface area contributed by atoms with Crippen LogP contribution >= 0.6 is 11.6 Å². The number of anilines is 1. The summed E-state index contributed by atoms with van der Waals surface area (Å²) in [6, 6.07) is 19.1. The zero-order valence-electron chi connectivity index (χ0n) is 20.3. The number of aromatic nitrogens is 1. The van der Waals surface area contributed by atoms with Gasteiger partial charge in [0.2, 0.25) is 20.0 Å². The van der Waals surface area contributed by atoms with Gasteiger partial charge in [-0.2, -0.15) is 0 Å². The first-order valence-corrected chi connectivity index (χ1v) is 15.2. The summed E-state index contributed by atoms with van der Waals surface area (Å²) in [4.78, 5) is 4.34. The van der Waals surface area contributed by atoms with Gasteiger partial charge in [0, 0.05) is 53.0 Å². The smallest absolute Gasteiger partial charge is 0.241 e. The van der Waals surface area contributed by atoms with E-state index >= 15 is 0 Å². The van der Waals surface area contributed by atoms with Crippen molar-refractivity contribution in [1.82, 2.24) is 14.4 Å². The molecule has 0 radical (unpaired) electrons. The molecular weight excluding hydrogens is 532 g/mol. The lowest BCUT2D eigenvalue weighted by Crippen LogP contribution is -2.27. The van der Waals surface area contributed by atoms with E-state index < -0.39 is 26.1 Å². The van der Waals surface area contributed by atoms with Crippen molar-refractivity contribution < 1.29 is 16.8 Å². The number of halogens is 1. The molecule has 37 heavy (non-hydrogen) atoms. The lowest BCUT2D eigenvalue weighted by atomic mass is 10.1. The lowest BCUT2D eigenvalue weighted by molar-refractivity contribution is 0.567. The molecule has 4 rings (SSSR count). The summed E-state index contributed by atoms with van der Waals surface area (Å²) in [6.45, 7) is 2.40. The van der Waals surface area contributed by atoms with Crippen LogP contribution < -0.4 is 14.8 Å². The van der Waals surface area contributed by atoms with Crippen LogP contribution in [0.2, 0.25) is 5.02 Å². The minimum absolute atomic E-state index is 0.142. The minimum atomic E-state index is -3.88. The maximum atomic E-state index is 13.4. The van der Waals surface area contributed by atoms with Gasteiger partial charge in [0.25, 0.3) is 0 Å². The van der Waals surface area contributed by atoms with Crippen molar-refractivity contribution in [2.24, 2.45) is 0 Å². The molecule has 4 aromatic rings. The summed E-state index contributed by atoms with van der Waals surface area (Å²) in [5.74, 6) is 0. The van der Waals surface area contributed by atoms with Gasteiger partial charge in [-0.15, -0.1) is 0 Å². The van der Waals surface area contributed by atoms with Gasteiger partial charge in [-0.05, 0) is 47.9 Å². The number of pyridine rings is 1. The van der Waals surface area contributed by atoms with Crippen LogP contribution in [0.4, 0.5) is 5.69 Å². The zero-order chi connectivity index (χ0) is 26.6. The fourth-order valence-corrected chi connectivity index (χ4v) is 6.16. The third-order valence-electron chi connectivity index (χ3n) is 5.78. The largest absolute Gasteiger partial charge is 0.380 e. The Morgan fingerprint density at radius 3 is 2.35 bits per heavy atom. The first kappa shape index (κ1) is 27.0. The molecule has 194 valence electrons. The Balaban J connectivity index is 1.57. The molecule has 1 heterocycles. The fourth-order valence-electron chi connectivity index (χ4n) is 4.00. The van der Waals surface area contributed by atoms with Crippen molar-refractivity contribution in [3.63, 3.8) is 0 Å². The number of nitrogens with zero attached hydrogens (tertiary/aromatic N) is 1. The molecule has 0 unspecified atom stereocenters. The van der Waals surface area contributed by atoms with Crippen molar-refractivity contribution in [2.45, 2.75) is 31.0 Å². The van der Waals surface area contributed by atoms with Crippen LogP contribution in [0.1, 0.15) is 29.7 Å². The highest BCUT2D eigenvalue weighted by atomic mass is 35.5. The highest BCUT2D eigenvalue weighted by Crippen LogP contribution is 2.31. The number of hydrogen-bond donors (Lipinski definition) is 3. The Hall–Kier alpha value is -3.02. The predicted octanol–water partition coefficient (Wildman–Crippen LogP) is 4.59. The first-order chi connectivity index (χ1) is 17.5. The molecule has 11 heteroatoms. The lowest BCUT2D eigenvalue weighted by Gasteiger charge is -2.18. The van der Waals surface area contributed by atoms with Gasteiger partial charge in [0.15, 0.2) is 0 Å². The van der Waals surface area contributed by atoms with Crippen LogP contribution in [0.5, 0.6) is 0 Å². The molecule has 0 aliphatic rings. The highest BCUT2D eigenvalue weighted by molar-refractivity contribution is 7.89. The summed E-state index contributed by atoms with van der Waals surface area (Å²) in [6.07, 6.45) is 4.30. The average Bonchev–Trinajstić information content (AvgIpc) is 2.85. The summed E-state index contributed by atoms with van der Waals surface area (Å²) in [7, 11) is -7.17. The Morgan fingerprint density at radius 2 is 1.62 bits per heavy atom. The Kier molecular flexibility index (Phi) is 8.15. The Bertz CT molecular complexity index is 1640. The quantitative estimate of drug-likeness (QED) is 0.262. The molecule has 0 saturated heterocycles. The average molecular weight is 559 g/mol. The Morgan fingerprint density at radius 1 is 0.892 bits per heavy atom. The van der Waals surface area contributed by atoms with Gasteiger partial charge in [-0.3, -0.25) is 4.98 Å². The summed E-state index contributed by atoms with van der Waals surface area (Å²) in [5, 5.41) is 5.02. The van der Waals surface area contributed by atoms with Crippen LogP contribution in [0, 0.1) is 0 Å². The van der Waals surface area contributed by atoms with Crippen molar-refractivity contribution in [3.8, 4) is 0 Å². The van der Waals surface area contributed by atoms with E-state index in [9.17, 15) is 16.8 Å². The third-order valence-corrected chi connectivity index (χ3v) is 8.40. The monoisotopic (exact) mass is 558 g/mol. The van der Waals surface area contributed by atoms with Crippen molar-refractivity contribution in [3.05, 3.63) is 101 Å². The number of nitrogens with one attached hydrogen (secondary N) is 3. The van der Waals surface area contributed by atoms with Crippen LogP contribution in [0.15, 0.2) is 84.0 Å². The topological polar surface area (TPSA) is 117 Å². The summed E-state index contributed by atoms with van der Waals surface area (Å²) in [5.41, 5.74) is 3.18. The van der Waals surface area contributed by atoms with E-state index in [1.807, 2.05) is 30.3 Å². The highest BCUT2D eigenvalue weighted by Gasteiger charge is 2.22. The van der Waals surface area contributed by atoms with Gasteiger partial charge in [0.1, 0.15) is 0 Å². The van der Waals surface area contributed by atoms with E-state index in [1.165, 1.54) is 0 Å².